The number of aliphatic hydroxyl groups is 1. The number of aliphatic hydroxyl groups excluding tert-OH is 1. The van der Waals surface area contributed by atoms with Crippen molar-refractivity contribution in [3.63, 3.8) is 0 Å². The number of carbonyl (C=O) groups is 2. The molecule has 4 aromatic rings. The van der Waals surface area contributed by atoms with Crippen LogP contribution in [0.25, 0.3) is 16.0 Å². The summed E-state index contributed by atoms with van der Waals surface area (Å²) in [5.41, 5.74) is 2.73. The molecule has 0 bridgehead atoms. The van der Waals surface area contributed by atoms with Crippen molar-refractivity contribution in [2.24, 2.45) is 0 Å². The minimum atomic E-state index is -0.943. The third-order valence-electron chi connectivity index (χ3n) is 7.04. The van der Waals surface area contributed by atoms with Crippen LogP contribution in [0.15, 0.2) is 66.2 Å². The van der Waals surface area contributed by atoms with Crippen LogP contribution >= 0.6 is 11.3 Å². The first-order valence-corrected chi connectivity index (χ1v) is 14.9. The van der Waals surface area contributed by atoms with Gasteiger partial charge in [0.2, 0.25) is 0 Å². The standard InChI is InChI=1S/C33H34N2O6S/c1-5-7-17-41-25-15-11-22(19-26(25)39-4)29-28(30(36)21-9-12-23(13-10-21)40-16-6-2)31(37)32(38)35(29)33-34-24-14-8-20(3)18-27(24)42-33/h8-15,18-19,29,36H,5-7,16-17H2,1-4H3/b30-28+. The highest BCUT2D eigenvalue weighted by Gasteiger charge is 2.48. The van der Waals surface area contributed by atoms with Crippen LogP contribution in [0.5, 0.6) is 17.2 Å². The van der Waals surface area contributed by atoms with Gasteiger partial charge in [0.05, 0.1) is 42.2 Å². The molecule has 1 fully saturated rings. The topological polar surface area (TPSA) is 98.2 Å². The second-order valence-electron chi connectivity index (χ2n) is 10.1. The van der Waals surface area contributed by atoms with E-state index in [0.29, 0.717) is 46.7 Å². The largest absolute Gasteiger partial charge is 0.507 e. The number of benzene rings is 3. The van der Waals surface area contributed by atoms with Crippen molar-refractivity contribution in [1.29, 1.82) is 0 Å². The number of Topliss-reactive ketones (excluding diaryl/α,β-unsaturated/α-hetero) is 1. The Kier molecular flexibility index (Phi) is 8.77. The number of aryl methyl sites for hydroxylation is 1. The highest BCUT2D eigenvalue weighted by Crippen LogP contribution is 2.46. The van der Waals surface area contributed by atoms with E-state index in [-0.39, 0.29) is 11.3 Å². The Labute approximate surface area is 249 Å². The number of hydrogen-bond donors (Lipinski definition) is 1. The maximum absolute atomic E-state index is 13.7. The van der Waals surface area contributed by atoms with E-state index in [1.165, 1.54) is 16.2 Å². The molecule has 8 nitrogen and oxygen atoms in total. The Morgan fingerprint density at radius 2 is 1.74 bits per heavy atom. The molecule has 1 aromatic heterocycles. The van der Waals surface area contributed by atoms with Crippen LogP contribution in [0.1, 0.15) is 55.8 Å². The molecule has 3 aromatic carbocycles. The number of hydrogen-bond acceptors (Lipinski definition) is 8. The Morgan fingerprint density at radius 3 is 2.45 bits per heavy atom. The molecule has 1 atom stereocenters. The van der Waals surface area contributed by atoms with Crippen molar-refractivity contribution < 1.29 is 28.9 Å². The molecule has 1 unspecified atom stereocenters. The Bertz CT molecular complexity index is 1640. The summed E-state index contributed by atoms with van der Waals surface area (Å²) in [6.45, 7) is 7.19. The molecule has 0 spiro atoms. The molecule has 2 heterocycles. The number of nitrogens with zero attached hydrogens (tertiary/aromatic N) is 2. The number of rotatable bonds is 11. The van der Waals surface area contributed by atoms with Crippen LogP contribution in [0.4, 0.5) is 5.13 Å². The van der Waals surface area contributed by atoms with Gasteiger partial charge in [-0.15, -0.1) is 0 Å². The molecule has 42 heavy (non-hydrogen) atoms. The highest BCUT2D eigenvalue weighted by molar-refractivity contribution is 7.22. The average Bonchev–Trinajstić information content (AvgIpc) is 3.53. The lowest BCUT2D eigenvalue weighted by atomic mass is 9.95. The van der Waals surface area contributed by atoms with Gasteiger partial charge >= 0.3 is 5.91 Å². The Morgan fingerprint density at radius 1 is 0.952 bits per heavy atom. The summed E-state index contributed by atoms with van der Waals surface area (Å²) >= 11 is 1.32. The van der Waals surface area contributed by atoms with E-state index in [1.807, 2.05) is 32.0 Å². The molecule has 0 aliphatic carbocycles. The molecule has 5 rings (SSSR count). The van der Waals surface area contributed by atoms with E-state index in [4.69, 9.17) is 19.2 Å². The number of methoxy groups -OCH3 is 1. The van der Waals surface area contributed by atoms with Gasteiger partial charge in [-0.1, -0.05) is 43.7 Å². The van der Waals surface area contributed by atoms with Crippen molar-refractivity contribution in [3.8, 4) is 17.2 Å². The number of fused-ring (bicyclic) bond motifs is 1. The smallest absolute Gasteiger partial charge is 0.301 e. The number of ether oxygens (including phenoxy) is 3. The quantitative estimate of drug-likeness (QED) is 0.0858. The first-order chi connectivity index (χ1) is 20.4. The maximum atomic E-state index is 13.7. The molecule has 218 valence electrons. The summed E-state index contributed by atoms with van der Waals surface area (Å²) in [6.07, 6.45) is 2.75. The number of thiazole rings is 1. The second kappa shape index (κ2) is 12.7. The molecule has 9 heteroatoms. The van der Waals surface area contributed by atoms with Gasteiger partial charge in [0, 0.05) is 5.56 Å². The third-order valence-corrected chi connectivity index (χ3v) is 8.06. The van der Waals surface area contributed by atoms with Crippen molar-refractivity contribution in [2.45, 2.75) is 46.1 Å². The number of carbonyl (C=O) groups excluding carboxylic acids is 2. The molecule has 0 radical (unpaired) electrons. The van der Waals surface area contributed by atoms with Gasteiger partial charge in [0.1, 0.15) is 11.5 Å². The lowest BCUT2D eigenvalue weighted by Crippen LogP contribution is -2.29. The summed E-state index contributed by atoms with van der Waals surface area (Å²) in [6, 6.07) is 17.0. The normalized spacial score (nSPS) is 16.3. The van der Waals surface area contributed by atoms with Gasteiger partial charge in [-0.05, 0) is 79.4 Å². The van der Waals surface area contributed by atoms with Gasteiger partial charge in [0.15, 0.2) is 16.6 Å². The summed E-state index contributed by atoms with van der Waals surface area (Å²) in [5.74, 6) is -0.152. The average molecular weight is 587 g/mol. The number of anilines is 1. The predicted molar refractivity (Wildman–Crippen MR) is 165 cm³/mol. The van der Waals surface area contributed by atoms with Gasteiger partial charge in [-0.25, -0.2) is 4.98 Å². The molecule has 1 saturated heterocycles. The SMILES string of the molecule is CCCCOc1ccc(C2/C(=C(\O)c3ccc(OCCC)cc3)C(=O)C(=O)N2c2nc3ccc(C)cc3s2)cc1OC. The van der Waals surface area contributed by atoms with Gasteiger partial charge in [-0.3, -0.25) is 14.5 Å². The molecular weight excluding hydrogens is 552 g/mol. The van der Waals surface area contributed by atoms with Gasteiger partial charge in [0.25, 0.3) is 5.78 Å². The predicted octanol–water partition coefficient (Wildman–Crippen LogP) is 7.21. The molecule has 0 saturated carbocycles. The van der Waals surface area contributed by atoms with Gasteiger partial charge < -0.3 is 19.3 Å². The maximum Gasteiger partial charge on any atom is 0.301 e. The van der Waals surface area contributed by atoms with Crippen LogP contribution in [-0.4, -0.2) is 42.1 Å². The Hall–Kier alpha value is -4.37. The zero-order chi connectivity index (χ0) is 29.8. The number of ketones is 1. The minimum absolute atomic E-state index is 0.0284. The number of unbranched alkanes of at least 4 members (excludes halogenated alkanes) is 1. The van der Waals surface area contributed by atoms with Crippen LogP contribution in [0.3, 0.4) is 0 Å². The highest BCUT2D eigenvalue weighted by atomic mass is 32.1. The Balaban J connectivity index is 1.64. The molecule has 1 N–H and O–H groups in total. The fourth-order valence-electron chi connectivity index (χ4n) is 4.85. The number of amides is 1. The van der Waals surface area contributed by atoms with Crippen molar-refractivity contribution >= 4 is 44.1 Å². The summed E-state index contributed by atoms with van der Waals surface area (Å²) in [5, 5.41) is 11.9. The van der Waals surface area contributed by atoms with Crippen molar-refractivity contribution in [3.05, 3.63) is 82.9 Å². The summed E-state index contributed by atoms with van der Waals surface area (Å²) in [7, 11) is 1.54. The fourth-order valence-corrected chi connectivity index (χ4v) is 5.94. The fraction of sp³-hybridized carbons (Fsp3) is 0.303. The van der Waals surface area contributed by atoms with Crippen LogP contribution in [0.2, 0.25) is 0 Å². The first kappa shape index (κ1) is 29.1. The molecule has 1 aliphatic rings. The summed E-state index contributed by atoms with van der Waals surface area (Å²) < 4.78 is 18.1. The van der Waals surface area contributed by atoms with Crippen molar-refractivity contribution in [1.82, 2.24) is 4.98 Å². The van der Waals surface area contributed by atoms with E-state index in [0.717, 1.165) is 35.0 Å². The second-order valence-corrected chi connectivity index (χ2v) is 11.1. The number of aromatic nitrogens is 1. The van der Waals surface area contributed by atoms with E-state index in [1.54, 1.807) is 49.6 Å². The van der Waals surface area contributed by atoms with E-state index in [9.17, 15) is 14.7 Å². The van der Waals surface area contributed by atoms with Crippen LogP contribution in [-0.2, 0) is 9.59 Å². The van der Waals surface area contributed by atoms with Crippen LogP contribution in [0, 0.1) is 6.92 Å². The third kappa shape index (κ3) is 5.69. The lowest BCUT2D eigenvalue weighted by Gasteiger charge is -2.24. The summed E-state index contributed by atoms with van der Waals surface area (Å²) in [4.78, 5) is 33.4. The van der Waals surface area contributed by atoms with Crippen LogP contribution < -0.4 is 19.1 Å². The molecule has 1 aliphatic heterocycles. The monoisotopic (exact) mass is 586 g/mol. The van der Waals surface area contributed by atoms with Gasteiger partial charge in [-0.2, -0.15) is 0 Å². The minimum Gasteiger partial charge on any atom is -0.507 e. The van der Waals surface area contributed by atoms with E-state index < -0.39 is 17.7 Å². The van der Waals surface area contributed by atoms with Crippen molar-refractivity contribution in [2.75, 3.05) is 25.2 Å². The first-order valence-electron chi connectivity index (χ1n) is 14.1. The van der Waals surface area contributed by atoms with E-state index in [2.05, 4.69) is 6.92 Å². The lowest BCUT2D eigenvalue weighted by molar-refractivity contribution is -0.132. The zero-order valence-electron chi connectivity index (χ0n) is 24.2. The zero-order valence-corrected chi connectivity index (χ0v) is 25.0. The van der Waals surface area contributed by atoms with E-state index >= 15 is 0 Å². The molecule has 1 amide bonds. The molecular formula is C33H34N2O6S.